The Morgan fingerprint density at radius 2 is 2.30 bits per heavy atom. The predicted octanol–water partition coefficient (Wildman–Crippen LogP) is 2.39. The van der Waals surface area contributed by atoms with Crippen molar-refractivity contribution in [1.29, 1.82) is 0 Å². The molecule has 1 aromatic heterocycles. The fourth-order valence-corrected chi connectivity index (χ4v) is 2.89. The molecule has 0 radical (unpaired) electrons. The number of H-pyrrole nitrogens is 1. The van der Waals surface area contributed by atoms with Crippen molar-refractivity contribution < 1.29 is 4.74 Å². The third-order valence-electron chi connectivity index (χ3n) is 3.15. The number of rotatable bonds is 3. The van der Waals surface area contributed by atoms with Crippen molar-refractivity contribution in [3.63, 3.8) is 0 Å². The number of aromatic amines is 1. The molecule has 0 unspecified atom stereocenters. The number of hydrogen-bond donors (Lipinski definition) is 2. The molecule has 0 saturated heterocycles. The molecule has 1 aliphatic heterocycles. The number of ether oxygens (including phenoxy) is 1. The maximum Gasteiger partial charge on any atom is 0.252 e. The van der Waals surface area contributed by atoms with Crippen LogP contribution in [0.5, 0.6) is 5.75 Å². The lowest BCUT2D eigenvalue weighted by molar-refractivity contribution is 0.354. The zero-order valence-electron chi connectivity index (χ0n) is 11.0. The molecule has 1 aromatic carbocycles. The van der Waals surface area contributed by atoms with Gasteiger partial charge in [-0.15, -0.1) is 0 Å². The van der Waals surface area contributed by atoms with E-state index in [1.807, 2.05) is 6.07 Å². The van der Waals surface area contributed by atoms with Gasteiger partial charge >= 0.3 is 0 Å². The van der Waals surface area contributed by atoms with Gasteiger partial charge in [0.2, 0.25) is 0 Å². The molecule has 2 heterocycles. The lowest BCUT2D eigenvalue weighted by Crippen LogP contribution is -2.12. The second-order valence-corrected chi connectivity index (χ2v) is 5.64. The Labute approximate surface area is 124 Å². The summed E-state index contributed by atoms with van der Waals surface area (Å²) in [6, 6.07) is 5.56. The molecule has 0 amide bonds. The highest BCUT2D eigenvalue weighted by Crippen LogP contribution is 2.33. The first-order valence-electron chi connectivity index (χ1n) is 6.38. The summed E-state index contributed by atoms with van der Waals surface area (Å²) in [5.74, 6) is 2.11. The van der Waals surface area contributed by atoms with E-state index in [1.54, 1.807) is 6.92 Å². The van der Waals surface area contributed by atoms with Crippen LogP contribution >= 0.6 is 15.9 Å². The first kappa shape index (κ1) is 13.2. The average Bonchev–Trinajstić information content (AvgIpc) is 2.82. The number of aryl methyl sites for hydroxylation is 1. The standard InChI is InChI=1S/C14H14BrN3O2/c1-8-17-12(6-13(19)18-8)16-7-10-5-11(15)4-9-2-3-20-14(9)10/h4-6H,2-3,7H2,1H3,(H2,16,17,18,19). The van der Waals surface area contributed by atoms with E-state index in [1.165, 1.54) is 11.6 Å². The summed E-state index contributed by atoms with van der Waals surface area (Å²) in [5.41, 5.74) is 2.12. The lowest BCUT2D eigenvalue weighted by Gasteiger charge is -2.11. The fraction of sp³-hybridized carbons (Fsp3) is 0.286. The van der Waals surface area contributed by atoms with Crippen molar-refractivity contribution >= 4 is 21.7 Å². The number of halogens is 1. The Morgan fingerprint density at radius 3 is 3.10 bits per heavy atom. The topological polar surface area (TPSA) is 67.0 Å². The molecule has 20 heavy (non-hydrogen) atoms. The van der Waals surface area contributed by atoms with Gasteiger partial charge in [-0.25, -0.2) is 4.98 Å². The number of hydrogen-bond acceptors (Lipinski definition) is 4. The van der Waals surface area contributed by atoms with Crippen LogP contribution < -0.4 is 15.6 Å². The minimum Gasteiger partial charge on any atom is -0.493 e. The van der Waals surface area contributed by atoms with Gasteiger partial charge < -0.3 is 15.0 Å². The number of nitrogens with zero attached hydrogens (tertiary/aromatic N) is 1. The van der Waals surface area contributed by atoms with E-state index in [0.717, 1.165) is 28.8 Å². The Morgan fingerprint density at radius 1 is 1.45 bits per heavy atom. The van der Waals surface area contributed by atoms with Crippen LogP contribution in [-0.4, -0.2) is 16.6 Å². The summed E-state index contributed by atoms with van der Waals surface area (Å²) in [6.45, 7) is 3.05. The van der Waals surface area contributed by atoms with E-state index in [2.05, 4.69) is 37.3 Å². The summed E-state index contributed by atoms with van der Waals surface area (Å²) in [6.07, 6.45) is 0.935. The molecule has 2 aromatic rings. The van der Waals surface area contributed by atoms with Gasteiger partial charge in [0.05, 0.1) is 6.61 Å². The Hall–Kier alpha value is -1.82. The van der Waals surface area contributed by atoms with Gasteiger partial charge in [-0.3, -0.25) is 4.79 Å². The molecule has 104 valence electrons. The Bertz CT molecular complexity index is 712. The first-order chi connectivity index (χ1) is 9.61. The molecule has 0 fully saturated rings. The van der Waals surface area contributed by atoms with E-state index in [9.17, 15) is 4.79 Å². The molecule has 0 bridgehead atoms. The summed E-state index contributed by atoms with van der Waals surface area (Å²) in [7, 11) is 0. The quantitative estimate of drug-likeness (QED) is 0.903. The SMILES string of the molecule is Cc1nc(NCc2cc(Br)cc3c2OCC3)cc(=O)[nH]1. The number of benzene rings is 1. The van der Waals surface area contributed by atoms with Crippen LogP contribution in [0.4, 0.5) is 5.82 Å². The fourth-order valence-electron chi connectivity index (χ4n) is 2.33. The predicted molar refractivity (Wildman–Crippen MR) is 80.3 cm³/mol. The van der Waals surface area contributed by atoms with Crippen LogP contribution in [0.15, 0.2) is 27.5 Å². The molecule has 0 spiro atoms. The zero-order valence-corrected chi connectivity index (χ0v) is 12.6. The van der Waals surface area contributed by atoms with Crippen LogP contribution in [0, 0.1) is 6.92 Å². The highest BCUT2D eigenvalue weighted by molar-refractivity contribution is 9.10. The highest BCUT2D eigenvalue weighted by atomic mass is 79.9. The zero-order chi connectivity index (χ0) is 14.1. The van der Waals surface area contributed by atoms with Crippen LogP contribution in [0.3, 0.4) is 0 Å². The molecule has 2 N–H and O–H groups in total. The monoisotopic (exact) mass is 335 g/mol. The third kappa shape index (κ3) is 2.70. The summed E-state index contributed by atoms with van der Waals surface area (Å²) in [4.78, 5) is 18.3. The maximum absolute atomic E-state index is 11.4. The Balaban J connectivity index is 1.84. The molecular weight excluding hydrogens is 322 g/mol. The lowest BCUT2D eigenvalue weighted by atomic mass is 10.1. The summed E-state index contributed by atoms with van der Waals surface area (Å²) in [5, 5.41) is 3.17. The highest BCUT2D eigenvalue weighted by Gasteiger charge is 2.17. The number of anilines is 1. The van der Waals surface area contributed by atoms with Gasteiger partial charge in [0.1, 0.15) is 17.4 Å². The minimum atomic E-state index is -0.157. The number of fused-ring (bicyclic) bond motifs is 1. The van der Waals surface area contributed by atoms with Crippen molar-refractivity contribution in [3.05, 3.63) is 50.0 Å². The van der Waals surface area contributed by atoms with Crippen LogP contribution in [-0.2, 0) is 13.0 Å². The van der Waals surface area contributed by atoms with Gasteiger partial charge in [-0.05, 0) is 24.6 Å². The molecule has 0 atom stereocenters. The molecular formula is C14H14BrN3O2. The van der Waals surface area contributed by atoms with E-state index in [-0.39, 0.29) is 5.56 Å². The normalized spacial score (nSPS) is 12.9. The van der Waals surface area contributed by atoms with Crippen LogP contribution in [0.1, 0.15) is 17.0 Å². The smallest absolute Gasteiger partial charge is 0.252 e. The van der Waals surface area contributed by atoms with E-state index in [0.29, 0.717) is 18.2 Å². The van der Waals surface area contributed by atoms with Gasteiger partial charge in [-0.1, -0.05) is 15.9 Å². The van der Waals surface area contributed by atoms with E-state index >= 15 is 0 Å². The summed E-state index contributed by atoms with van der Waals surface area (Å²) < 4.78 is 6.71. The first-order valence-corrected chi connectivity index (χ1v) is 7.17. The second kappa shape index (κ2) is 5.28. The van der Waals surface area contributed by atoms with Crippen molar-refractivity contribution in [2.24, 2.45) is 0 Å². The van der Waals surface area contributed by atoms with Crippen molar-refractivity contribution in [3.8, 4) is 5.75 Å². The van der Waals surface area contributed by atoms with Crippen LogP contribution in [0.2, 0.25) is 0 Å². The number of aromatic nitrogens is 2. The maximum atomic E-state index is 11.4. The van der Waals surface area contributed by atoms with Crippen molar-refractivity contribution in [2.45, 2.75) is 19.9 Å². The molecule has 1 aliphatic rings. The van der Waals surface area contributed by atoms with Crippen LogP contribution in [0.25, 0.3) is 0 Å². The minimum absolute atomic E-state index is 0.157. The van der Waals surface area contributed by atoms with E-state index < -0.39 is 0 Å². The molecule has 0 aliphatic carbocycles. The third-order valence-corrected chi connectivity index (χ3v) is 3.60. The van der Waals surface area contributed by atoms with Gasteiger partial charge in [0.25, 0.3) is 5.56 Å². The van der Waals surface area contributed by atoms with E-state index in [4.69, 9.17) is 4.74 Å². The molecule has 6 heteroatoms. The molecule has 0 saturated carbocycles. The molecule has 3 rings (SSSR count). The van der Waals surface area contributed by atoms with Gasteiger partial charge in [0, 0.05) is 29.1 Å². The largest absolute Gasteiger partial charge is 0.493 e. The average molecular weight is 336 g/mol. The van der Waals surface area contributed by atoms with Gasteiger partial charge in [-0.2, -0.15) is 0 Å². The van der Waals surface area contributed by atoms with Crippen molar-refractivity contribution in [2.75, 3.05) is 11.9 Å². The van der Waals surface area contributed by atoms with Gasteiger partial charge in [0.15, 0.2) is 0 Å². The van der Waals surface area contributed by atoms with Crippen molar-refractivity contribution in [1.82, 2.24) is 9.97 Å². The second-order valence-electron chi connectivity index (χ2n) is 4.72. The summed E-state index contributed by atoms with van der Waals surface area (Å²) >= 11 is 3.51. The Kier molecular flexibility index (Phi) is 3.48. The number of nitrogens with one attached hydrogen (secondary N) is 2. The molecule has 5 nitrogen and oxygen atoms in total.